The van der Waals surface area contributed by atoms with Crippen LogP contribution in [0.25, 0.3) is 0 Å². The van der Waals surface area contributed by atoms with Crippen LogP contribution in [0, 0.1) is 5.41 Å². The Kier molecular flexibility index (Phi) is 5.74. The molecule has 2 aromatic heterocycles. The second kappa shape index (κ2) is 7.85. The van der Waals surface area contributed by atoms with Crippen molar-refractivity contribution >= 4 is 40.8 Å². The van der Waals surface area contributed by atoms with Gasteiger partial charge in [-0.1, -0.05) is 30.3 Å². The molecular formula is C17H24ClN7S. The predicted molar refractivity (Wildman–Crippen MR) is 107 cm³/mol. The molecule has 0 saturated heterocycles. The molecule has 0 aromatic carbocycles. The van der Waals surface area contributed by atoms with Gasteiger partial charge in [0.05, 0.1) is 11.2 Å². The number of halogens is 1. The number of anilines is 3. The quantitative estimate of drug-likeness (QED) is 0.609. The Labute approximate surface area is 162 Å². The van der Waals surface area contributed by atoms with Crippen LogP contribution in [0.3, 0.4) is 0 Å². The summed E-state index contributed by atoms with van der Waals surface area (Å²) in [5.41, 5.74) is 17.9. The van der Waals surface area contributed by atoms with E-state index in [-0.39, 0.29) is 11.2 Å². The highest BCUT2D eigenvalue weighted by Gasteiger charge is 2.29. The van der Waals surface area contributed by atoms with E-state index in [1.54, 1.807) is 18.5 Å². The van der Waals surface area contributed by atoms with Crippen molar-refractivity contribution in [1.82, 2.24) is 15.0 Å². The van der Waals surface area contributed by atoms with Gasteiger partial charge in [-0.15, -0.1) is 0 Å². The van der Waals surface area contributed by atoms with Gasteiger partial charge < -0.3 is 22.5 Å². The highest BCUT2D eigenvalue weighted by molar-refractivity contribution is 7.99. The third kappa shape index (κ3) is 4.31. The molecule has 7 nitrogen and oxygen atoms in total. The summed E-state index contributed by atoms with van der Waals surface area (Å²) in [7, 11) is 0. The van der Waals surface area contributed by atoms with Gasteiger partial charge in [-0.25, -0.2) is 15.0 Å². The van der Waals surface area contributed by atoms with E-state index in [9.17, 15) is 0 Å². The molecule has 0 bridgehead atoms. The summed E-state index contributed by atoms with van der Waals surface area (Å²) in [6.45, 7) is 2.99. The molecule has 0 amide bonds. The fourth-order valence-corrected chi connectivity index (χ4v) is 4.05. The minimum absolute atomic E-state index is 0.259. The smallest absolute Gasteiger partial charge is 0.158 e. The molecule has 1 fully saturated rings. The third-order valence-corrected chi connectivity index (χ3v) is 6.47. The van der Waals surface area contributed by atoms with E-state index >= 15 is 0 Å². The monoisotopic (exact) mass is 393 g/mol. The molecule has 0 atom stereocenters. The maximum atomic E-state index is 6.17. The normalized spacial score (nSPS) is 23.0. The Hall–Kier alpha value is -1.77. The van der Waals surface area contributed by atoms with E-state index in [1.165, 1.54) is 11.8 Å². The van der Waals surface area contributed by atoms with Crippen molar-refractivity contribution < 1.29 is 0 Å². The predicted octanol–water partition coefficient (Wildman–Crippen LogP) is 3.16. The van der Waals surface area contributed by atoms with Gasteiger partial charge in [-0.3, -0.25) is 0 Å². The number of nitrogens with two attached hydrogens (primary N) is 3. The Balaban J connectivity index is 1.65. The first-order chi connectivity index (χ1) is 12.4. The molecule has 140 valence electrons. The highest BCUT2D eigenvalue weighted by atomic mass is 35.5. The second-order valence-corrected chi connectivity index (χ2v) is 8.40. The number of rotatable bonds is 5. The second-order valence-electron chi connectivity index (χ2n) is 6.99. The van der Waals surface area contributed by atoms with Crippen LogP contribution in [0.5, 0.6) is 0 Å². The Morgan fingerprint density at radius 3 is 2.65 bits per heavy atom. The molecule has 1 aliphatic carbocycles. The first-order valence-electron chi connectivity index (χ1n) is 8.57. The summed E-state index contributed by atoms with van der Waals surface area (Å²) in [6.07, 6.45) is 7.66. The van der Waals surface area contributed by atoms with E-state index in [0.717, 1.165) is 37.1 Å². The number of nitrogens with zero attached hydrogens (tertiary/aromatic N) is 3. The lowest BCUT2D eigenvalue weighted by atomic mass is 9.74. The van der Waals surface area contributed by atoms with Crippen LogP contribution in [-0.4, -0.2) is 27.5 Å². The number of aromatic nitrogens is 3. The first-order valence-corrected chi connectivity index (χ1v) is 9.76. The number of pyridine rings is 1. The van der Waals surface area contributed by atoms with Gasteiger partial charge in [0.1, 0.15) is 16.7 Å². The number of hydrogen-bond acceptors (Lipinski definition) is 8. The summed E-state index contributed by atoms with van der Waals surface area (Å²) < 4.78 is 0. The Morgan fingerprint density at radius 1 is 1.27 bits per heavy atom. The van der Waals surface area contributed by atoms with Crippen molar-refractivity contribution in [3.8, 4) is 0 Å². The van der Waals surface area contributed by atoms with Crippen LogP contribution in [-0.2, 0) is 0 Å². The number of nitrogens with one attached hydrogen (secondary N) is 1. The topological polar surface area (TPSA) is 129 Å². The summed E-state index contributed by atoms with van der Waals surface area (Å²) >= 11 is 7.49. The molecule has 0 radical (unpaired) electrons. The molecule has 0 spiro atoms. The van der Waals surface area contributed by atoms with E-state index < -0.39 is 0 Å². The summed E-state index contributed by atoms with van der Waals surface area (Å²) in [5.74, 6) is 1.32. The molecule has 3 rings (SSSR count). The van der Waals surface area contributed by atoms with Crippen LogP contribution in [0.4, 0.5) is 17.5 Å². The molecular weight excluding hydrogens is 370 g/mol. The number of nitrogen functional groups attached to an aromatic ring is 2. The van der Waals surface area contributed by atoms with Crippen LogP contribution in [0.1, 0.15) is 32.6 Å². The van der Waals surface area contributed by atoms with Gasteiger partial charge in [0.15, 0.2) is 5.82 Å². The van der Waals surface area contributed by atoms with Crippen LogP contribution in [0.2, 0.25) is 5.02 Å². The van der Waals surface area contributed by atoms with Crippen molar-refractivity contribution in [2.45, 2.75) is 48.6 Å². The van der Waals surface area contributed by atoms with Gasteiger partial charge in [-0.05, 0) is 43.7 Å². The largest absolute Gasteiger partial charge is 0.382 e. The van der Waals surface area contributed by atoms with Crippen molar-refractivity contribution in [1.29, 1.82) is 0 Å². The fourth-order valence-electron chi connectivity index (χ4n) is 3.04. The summed E-state index contributed by atoms with van der Waals surface area (Å²) in [6, 6.07) is 2.14. The number of hydrogen-bond donors (Lipinski definition) is 4. The lowest BCUT2D eigenvalue weighted by Crippen LogP contribution is -2.36. The van der Waals surface area contributed by atoms with E-state index in [0.29, 0.717) is 27.7 Å². The zero-order valence-electron chi connectivity index (χ0n) is 14.7. The average molecular weight is 394 g/mol. The van der Waals surface area contributed by atoms with Crippen molar-refractivity contribution in [2.75, 3.05) is 23.3 Å². The zero-order valence-corrected chi connectivity index (χ0v) is 16.3. The maximum Gasteiger partial charge on any atom is 0.158 e. The molecule has 2 aromatic rings. The average Bonchev–Trinajstić information content (AvgIpc) is 2.63. The molecule has 7 N–H and O–H groups in total. The van der Waals surface area contributed by atoms with Gasteiger partial charge in [0, 0.05) is 17.1 Å². The van der Waals surface area contributed by atoms with E-state index in [2.05, 4.69) is 27.2 Å². The van der Waals surface area contributed by atoms with Gasteiger partial charge in [0.2, 0.25) is 0 Å². The molecule has 2 heterocycles. The van der Waals surface area contributed by atoms with Gasteiger partial charge >= 0.3 is 0 Å². The summed E-state index contributed by atoms with van der Waals surface area (Å²) in [5, 5.41) is 4.42. The molecule has 0 aliphatic heterocycles. The molecule has 9 heteroatoms. The lowest BCUT2D eigenvalue weighted by molar-refractivity contribution is 0.215. The Morgan fingerprint density at radius 2 is 2.00 bits per heavy atom. The minimum atomic E-state index is 0.259. The SMILES string of the molecule is CC1(CN)CCC(Nc2cnc(Sc3ccnc(N)c3Cl)c(N)n2)CC1. The van der Waals surface area contributed by atoms with Crippen molar-refractivity contribution in [3.05, 3.63) is 23.5 Å². The van der Waals surface area contributed by atoms with Gasteiger partial charge in [-0.2, -0.15) is 0 Å². The van der Waals surface area contributed by atoms with Crippen molar-refractivity contribution in [2.24, 2.45) is 11.1 Å². The third-order valence-electron chi connectivity index (χ3n) is 4.89. The Bertz CT molecular complexity index is 778. The van der Waals surface area contributed by atoms with E-state index in [1.807, 2.05) is 0 Å². The van der Waals surface area contributed by atoms with E-state index in [4.69, 9.17) is 28.8 Å². The van der Waals surface area contributed by atoms with Crippen LogP contribution >= 0.6 is 23.4 Å². The standard InChI is InChI=1S/C17H24ClN7S/c1-17(9-19)5-2-10(3-6-17)24-12-8-23-16(15(21)25-12)26-11-4-7-22-14(20)13(11)18/h4,7-8,10H,2-3,5-6,9,19H2,1H3,(H2,20,22)(H3,21,24,25). The highest BCUT2D eigenvalue weighted by Crippen LogP contribution is 2.37. The van der Waals surface area contributed by atoms with Gasteiger partial charge in [0.25, 0.3) is 0 Å². The minimum Gasteiger partial charge on any atom is -0.382 e. The van der Waals surface area contributed by atoms with Crippen molar-refractivity contribution in [3.63, 3.8) is 0 Å². The molecule has 1 saturated carbocycles. The van der Waals surface area contributed by atoms with Crippen LogP contribution < -0.4 is 22.5 Å². The molecule has 26 heavy (non-hydrogen) atoms. The zero-order chi connectivity index (χ0) is 18.7. The molecule has 0 unspecified atom stereocenters. The fraction of sp³-hybridized carbons (Fsp3) is 0.471. The summed E-state index contributed by atoms with van der Waals surface area (Å²) in [4.78, 5) is 13.6. The molecule has 1 aliphatic rings. The maximum absolute atomic E-state index is 6.17. The first kappa shape index (κ1) is 19.0. The lowest BCUT2D eigenvalue weighted by Gasteiger charge is -2.36. The van der Waals surface area contributed by atoms with Crippen LogP contribution in [0.15, 0.2) is 28.4 Å².